The summed E-state index contributed by atoms with van der Waals surface area (Å²) in [7, 11) is 0. The van der Waals surface area contributed by atoms with Gasteiger partial charge in [-0.2, -0.15) is 13.5 Å². The Morgan fingerprint density at radius 3 is 2.00 bits per heavy atom. The molecule has 5 atom stereocenters. The van der Waals surface area contributed by atoms with E-state index in [1.807, 2.05) is 0 Å². The molecule has 0 amide bonds. The largest absolute Gasteiger partial charge is 0.465 e. The Morgan fingerprint density at radius 1 is 0.867 bits per heavy atom. The minimum Gasteiger partial charge on any atom is -0.465 e. The molecule has 0 spiro atoms. The third-order valence-electron chi connectivity index (χ3n) is 6.57. The van der Waals surface area contributed by atoms with Gasteiger partial charge in [-0.1, -0.05) is 26.7 Å². The predicted octanol–water partition coefficient (Wildman–Crippen LogP) is 5.21. The molecular weight excluding hydrogens is 400 g/mol. The molecule has 0 aromatic rings. The van der Waals surface area contributed by atoms with Gasteiger partial charge in [0.25, 0.3) is 0 Å². The molecule has 3 fully saturated rings. The Bertz CT molecular complexity index is 447. The zero-order valence-corrected chi connectivity index (χ0v) is 20.1. The van der Waals surface area contributed by atoms with Gasteiger partial charge >= 0.3 is 5.97 Å². The van der Waals surface area contributed by atoms with Crippen LogP contribution in [0.2, 0.25) is 0 Å². The fourth-order valence-electron chi connectivity index (χ4n) is 4.76. The first-order valence-corrected chi connectivity index (χ1v) is 12.0. The van der Waals surface area contributed by atoms with E-state index in [9.17, 15) is 9.59 Å². The van der Waals surface area contributed by atoms with E-state index >= 15 is 0 Å². The highest BCUT2D eigenvalue weighted by molar-refractivity contribution is 7.59. The van der Waals surface area contributed by atoms with Crippen LogP contribution < -0.4 is 0 Å². The van der Waals surface area contributed by atoms with Gasteiger partial charge < -0.3 is 19.0 Å². The van der Waals surface area contributed by atoms with Crippen molar-refractivity contribution in [3.63, 3.8) is 0 Å². The molecule has 0 aromatic heterocycles. The zero-order chi connectivity index (χ0) is 20.9. The first-order valence-electron chi connectivity index (χ1n) is 12.0. The van der Waals surface area contributed by atoms with E-state index in [0.29, 0.717) is 37.6 Å². The van der Waals surface area contributed by atoms with Crippen molar-refractivity contribution in [1.82, 2.24) is 0 Å². The molecule has 0 saturated carbocycles. The molecule has 3 rings (SSSR count). The summed E-state index contributed by atoms with van der Waals surface area (Å²) in [5.74, 6) is 1.93. The molecule has 0 N–H and O–H groups in total. The number of carbonyl (C=O) groups is 2. The molecule has 0 radical (unpaired) electrons. The molecule has 5 nitrogen and oxygen atoms in total. The number of rotatable bonds is 8. The second-order valence-electron chi connectivity index (χ2n) is 9.02. The lowest BCUT2D eigenvalue weighted by Gasteiger charge is -2.35. The topological polar surface area (TPSA) is 61.8 Å². The zero-order valence-electron chi connectivity index (χ0n) is 19.1. The van der Waals surface area contributed by atoms with Crippen molar-refractivity contribution in [2.75, 3.05) is 19.8 Å². The van der Waals surface area contributed by atoms with Gasteiger partial charge in [-0.3, -0.25) is 4.79 Å². The van der Waals surface area contributed by atoms with Gasteiger partial charge in [0.05, 0.1) is 18.8 Å². The maximum atomic E-state index is 11.0. The number of cyclic esters (lactones) is 1. The highest BCUT2D eigenvalue weighted by Gasteiger charge is 2.31. The Hall–Kier alpha value is -0.590. The van der Waals surface area contributed by atoms with Crippen molar-refractivity contribution < 1.29 is 23.8 Å². The third kappa shape index (κ3) is 10.1. The smallest absolute Gasteiger partial charge is 0.305 e. The van der Waals surface area contributed by atoms with Crippen LogP contribution in [0.5, 0.6) is 0 Å². The molecule has 3 saturated heterocycles. The predicted molar refractivity (Wildman–Crippen MR) is 124 cm³/mol. The molecule has 0 bridgehead atoms. The van der Waals surface area contributed by atoms with Gasteiger partial charge in [0, 0.05) is 32.0 Å². The maximum Gasteiger partial charge on any atom is 0.305 e. The van der Waals surface area contributed by atoms with Crippen LogP contribution in [0.15, 0.2) is 0 Å². The summed E-state index contributed by atoms with van der Waals surface area (Å²) in [6, 6.07) is 0. The standard InChI is InChI=1S/C13H22O3.C11H20O2.H2S/c1-2-3-10-4-6-12(15-8-10)11-5-7-13(14)16-9-11;1-2-4-10-6-7-11(13-9-10)5-3-8-12;/h10-12H,2-9H2,1H3;8,10-11H,2-7,9H2,1H3;1H2. The van der Waals surface area contributed by atoms with Crippen LogP contribution in [0.1, 0.15) is 90.9 Å². The van der Waals surface area contributed by atoms with Crippen molar-refractivity contribution in [3.05, 3.63) is 0 Å². The second kappa shape index (κ2) is 16.1. The molecule has 5 unspecified atom stereocenters. The Labute approximate surface area is 190 Å². The SMILES string of the molecule is CCCC1CCC(C2CCC(=O)OC2)OC1.CCCC1CCC(CCC=O)OC1.S. The highest BCUT2D eigenvalue weighted by Crippen LogP contribution is 2.30. The lowest BCUT2D eigenvalue weighted by molar-refractivity contribution is -0.155. The minimum absolute atomic E-state index is 0. The van der Waals surface area contributed by atoms with Crippen LogP contribution in [-0.4, -0.2) is 44.3 Å². The normalized spacial score (nSPS) is 31.5. The summed E-state index contributed by atoms with van der Waals surface area (Å²) in [6.45, 7) is 6.84. The number of hydrogen-bond donors (Lipinski definition) is 0. The van der Waals surface area contributed by atoms with Gasteiger partial charge in [-0.25, -0.2) is 0 Å². The molecule has 6 heteroatoms. The van der Waals surface area contributed by atoms with Gasteiger partial charge in [-0.15, -0.1) is 0 Å². The Kier molecular flexibility index (Phi) is 14.7. The summed E-state index contributed by atoms with van der Waals surface area (Å²) >= 11 is 0. The second-order valence-corrected chi connectivity index (χ2v) is 9.02. The average molecular weight is 445 g/mol. The van der Waals surface area contributed by atoms with Gasteiger partial charge in [0.1, 0.15) is 6.29 Å². The number of carbonyl (C=O) groups excluding carboxylic acids is 2. The maximum absolute atomic E-state index is 11.0. The summed E-state index contributed by atoms with van der Waals surface area (Å²) in [5.41, 5.74) is 0. The van der Waals surface area contributed by atoms with Crippen molar-refractivity contribution >= 4 is 25.8 Å². The molecule has 3 aliphatic rings. The van der Waals surface area contributed by atoms with E-state index in [0.717, 1.165) is 57.0 Å². The number of hydrogen-bond acceptors (Lipinski definition) is 5. The molecule has 3 aliphatic heterocycles. The summed E-state index contributed by atoms with van der Waals surface area (Å²) in [4.78, 5) is 21.1. The molecule has 0 aromatic carbocycles. The molecular formula is C24H44O5S. The lowest BCUT2D eigenvalue weighted by atomic mass is 9.87. The van der Waals surface area contributed by atoms with E-state index in [1.165, 1.54) is 38.5 Å². The van der Waals surface area contributed by atoms with Gasteiger partial charge in [-0.05, 0) is 63.2 Å². The highest BCUT2D eigenvalue weighted by atomic mass is 32.1. The Balaban J connectivity index is 0.000000297. The molecule has 30 heavy (non-hydrogen) atoms. The fourth-order valence-corrected chi connectivity index (χ4v) is 4.76. The number of esters is 1. The van der Waals surface area contributed by atoms with Crippen molar-refractivity contribution in [2.45, 2.75) is 103 Å². The van der Waals surface area contributed by atoms with E-state index in [-0.39, 0.29) is 19.5 Å². The number of ether oxygens (including phenoxy) is 3. The van der Waals surface area contributed by atoms with E-state index in [2.05, 4.69) is 13.8 Å². The summed E-state index contributed by atoms with van der Waals surface area (Å²) in [6.07, 6.45) is 14.7. The van der Waals surface area contributed by atoms with E-state index in [4.69, 9.17) is 14.2 Å². The average Bonchev–Trinajstić information content (AvgIpc) is 2.75. The van der Waals surface area contributed by atoms with Crippen LogP contribution in [-0.2, 0) is 23.8 Å². The van der Waals surface area contributed by atoms with Crippen LogP contribution in [0.3, 0.4) is 0 Å². The van der Waals surface area contributed by atoms with Crippen molar-refractivity contribution in [2.24, 2.45) is 17.8 Å². The lowest BCUT2D eigenvalue weighted by Crippen LogP contribution is -2.37. The quantitative estimate of drug-likeness (QED) is 0.380. The first kappa shape index (κ1) is 27.4. The van der Waals surface area contributed by atoms with Gasteiger partial charge in [0.2, 0.25) is 0 Å². The molecule has 0 aliphatic carbocycles. The van der Waals surface area contributed by atoms with Crippen molar-refractivity contribution in [3.8, 4) is 0 Å². The summed E-state index contributed by atoms with van der Waals surface area (Å²) in [5, 5.41) is 0. The minimum atomic E-state index is -0.0454. The van der Waals surface area contributed by atoms with E-state index in [1.54, 1.807) is 0 Å². The molecule has 3 heterocycles. The third-order valence-corrected chi connectivity index (χ3v) is 6.57. The summed E-state index contributed by atoms with van der Waals surface area (Å²) < 4.78 is 16.7. The van der Waals surface area contributed by atoms with Crippen LogP contribution >= 0.6 is 13.5 Å². The van der Waals surface area contributed by atoms with Crippen LogP contribution in [0.4, 0.5) is 0 Å². The monoisotopic (exact) mass is 444 g/mol. The van der Waals surface area contributed by atoms with Crippen LogP contribution in [0, 0.1) is 17.8 Å². The first-order chi connectivity index (χ1) is 14.2. The Morgan fingerprint density at radius 2 is 1.53 bits per heavy atom. The van der Waals surface area contributed by atoms with E-state index < -0.39 is 0 Å². The van der Waals surface area contributed by atoms with Crippen molar-refractivity contribution in [1.29, 1.82) is 0 Å². The van der Waals surface area contributed by atoms with Crippen LogP contribution in [0.25, 0.3) is 0 Å². The fraction of sp³-hybridized carbons (Fsp3) is 0.917. The van der Waals surface area contributed by atoms with Gasteiger partial charge in [0.15, 0.2) is 0 Å². The molecule has 176 valence electrons. The number of aldehydes is 1.